The molecule has 212 valence electrons. The normalized spacial score (nSPS) is 20.6. The number of aromatic nitrogens is 1. The highest BCUT2D eigenvalue weighted by atomic mass is 19.4. The largest absolute Gasteiger partial charge is 0.416 e. The first kappa shape index (κ1) is 29.4. The molecule has 0 radical (unpaired) electrons. The molecule has 0 aliphatic carbocycles. The third-order valence-corrected chi connectivity index (χ3v) is 7.80. The SMILES string of the molecule is CCCCCOC1C(C#N)=C(N2CCN(C(C)c3ccc(C(F)(F)F)cc3)[C@H](C)C2)c2nc(C#N)ccc2N1C. The quantitative estimate of drug-likeness (QED) is 0.374. The molecule has 0 amide bonds. The van der Waals surface area contributed by atoms with Gasteiger partial charge in [0.25, 0.3) is 0 Å². The molecule has 1 aromatic heterocycles. The lowest BCUT2D eigenvalue weighted by Crippen LogP contribution is -2.53. The second-order valence-corrected chi connectivity index (χ2v) is 10.4. The summed E-state index contributed by atoms with van der Waals surface area (Å²) in [6.45, 7) is 8.52. The Morgan fingerprint density at radius 3 is 2.40 bits per heavy atom. The van der Waals surface area contributed by atoms with Crippen LogP contribution in [0.3, 0.4) is 0 Å². The van der Waals surface area contributed by atoms with Crippen molar-refractivity contribution < 1.29 is 17.9 Å². The molecule has 2 aliphatic rings. The van der Waals surface area contributed by atoms with Crippen LogP contribution in [0.4, 0.5) is 18.9 Å². The molecule has 0 spiro atoms. The number of pyridine rings is 1. The third kappa shape index (κ3) is 5.94. The van der Waals surface area contributed by atoms with Crippen LogP contribution in [0.25, 0.3) is 5.70 Å². The summed E-state index contributed by atoms with van der Waals surface area (Å²) in [6, 6.07) is 13.3. The van der Waals surface area contributed by atoms with E-state index in [0.717, 1.165) is 42.6 Å². The van der Waals surface area contributed by atoms with Crippen LogP contribution in [0.1, 0.15) is 68.6 Å². The van der Waals surface area contributed by atoms with Gasteiger partial charge < -0.3 is 14.5 Å². The Balaban J connectivity index is 1.62. The molecule has 3 atom stereocenters. The number of hydrogen-bond acceptors (Lipinski definition) is 7. The van der Waals surface area contributed by atoms with Crippen molar-refractivity contribution in [2.45, 2.75) is 64.5 Å². The minimum Gasteiger partial charge on any atom is -0.366 e. The van der Waals surface area contributed by atoms with E-state index in [1.54, 1.807) is 18.2 Å². The van der Waals surface area contributed by atoms with E-state index >= 15 is 0 Å². The monoisotopic (exact) mass is 552 g/mol. The summed E-state index contributed by atoms with van der Waals surface area (Å²) < 4.78 is 45.4. The smallest absolute Gasteiger partial charge is 0.366 e. The van der Waals surface area contributed by atoms with Crippen molar-refractivity contribution in [3.05, 3.63) is 64.5 Å². The Bertz CT molecular complexity index is 1310. The van der Waals surface area contributed by atoms with Gasteiger partial charge in [0, 0.05) is 45.4 Å². The van der Waals surface area contributed by atoms with Gasteiger partial charge in [-0.05, 0) is 50.1 Å². The van der Waals surface area contributed by atoms with Gasteiger partial charge in [-0.2, -0.15) is 23.7 Å². The lowest BCUT2D eigenvalue weighted by Gasteiger charge is -2.46. The van der Waals surface area contributed by atoms with Crippen LogP contribution in [0.5, 0.6) is 0 Å². The van der Waals surface area contributed by atoms with Gasteiger partial charge in [-0.25, -0.2) is 4.98 Å². The third-order valence-electron chi connectivity index (χ3n) is 7.80. The Morgan fingerprint density at radius 2 is 1.80 bits per heavy atom. The molecule has 2 aromatic rings. The van der Waals surface area contributed by atoms with Gasteiger partial charge >= 0.3 is 6.18 Å². The van der Waals surface area contributed by atoms with E-state index in [0.29, 0.717) is 43.2 Å². The highest BCUT2D eigenvalue weighted by molar-refractivity contribution is 5.82. The van der Waals surface area contributed by atoms with Gasteiger partial charge in [-0.1, -0.05) is 31.9 Å². The average Bonchev–Trinajstić information content (AvgIpc) is 2.94. The number of likely N-dealkylation sites (N-methyl/N-ethyl adjacent to an activating group) is 1. The Morgan fingerprint density at radius 1 is 1.07 bits per heavy atom. The molecule has 2 aliphatic heterocycles. The number of anilines is 1. The zero-order chi connectivity index (χ0) is 29.0. The molecule has 0 saturated carbocycles. The van der Waals surface area contributed by atoms with Gasteiger partial charge in [0.15, 0.2) is 6.23 Å². The summed E-state index contributed by atoms with van der Waals surface area (Å²) in [6.07, 6.45) is -1.94. The summed E-state index contributed by atoms with van der Waals surface area (Å²) in [5.74, 6) is 0. The van der Waals surface area contributed by atoms with Crippen LogP contribution in [0.15, 0.2) is 42.0 Å². The number of alkyl halides is 3. The molecule has 40 heavy (non-hydrogen) atoms. The average molecular weight is 553 g/mol. The van der Waals surface area contributed by atoms with E-state index in [1.807, 2.05) is 24.9 Å². The fourth-order valence-electron chi connectivity index (χ4n) is 5.60. The minimum atomic E-state index is -4.37. The second kappa shape index (κ2) is 12.3. The van der Waals surface area contributed by atoms with E-state index in [9.17, 15) is 23.7 Å². The molecular weight excluding hydrogens is 517 g/mol. The number of piperazine rings is 1. The summed E-state index contributed by atoms with van der Waals surface area (Å²) in [5.41, 5.74) is 2.95. The zero-order valence-electron chi connectivity index (χ0n) is 23.4. The maximum Gasteiger partial charge on any atom is 0.416 e. The predicted octanol–water partition coefficient (Wildman–Crippen LogP) is 5.96. The number of ether oxygens (including phenoxy) is 1. The van der Waals surface area contributed by atoms with Crippen LogP contribution in [-0.4, -0.2) is 60.3 Å². The summed E-state index contributed by atoms with van der Waals surface area (Å²) in [5, 5.41) is 19.9. The zero-order valence-corrected chi connectivity index (χ0v) is 23.4. The highest BCUT2D eigenvalue weighted by Gasteiger charge is 2.39. The fraction of sp³-hybridized carbons (Fsp3) is 0.500. The maximum absolute atomic E-state index is 13.0. The summed E-state index contributed by atoms with van der Waals surface area (Å²) in [7, 11) is 1.87. The first-order valence-electron chi connectivity index (χ1n) is 13.7. The molecule has 1 fully saturated rings. The van der Waals surface area contributed by atoms with Crippen molar-refractivity contribution >= 4 is 11.4 Å². The first-order chi connectivity index (χ1) is 19.1. The first-order valence-corrected chi connectivity index (χ1v) is 13.7. The van der Waals surface area contributed by atoms with Crippen molar-refractivity contribution in [3.8, 4) is 12.1 Å². The number of hydrogen-bond donors (Lipinski definition) is 0. The van der Waals surface area contributed by atoms with Crippen molar-refractivity contribution in [2.75, 3.05) is 38.2 Å². The van der Waals surface area contributed by atoms with E-state index in [1.165, 1.54) is 0 Å². The van der Waals surface area contributed by atoms with Crippen LogP contribution >= 0.6 is 0 Å². The van der Waals surface area contributed by atoms with Crippen LogP contribution in [-0.2, 0) is 10.9 Å². The molecule has 4 rings (SSSR count). The number of unbranched alkanes of at least 4 members (excludes halogenated alkanes) is 2. The standard InChI is InChI=1S/C30H35F3N6O/c1-5-6-7-16-40-29-25(18-35)28(27-26(37(29)4)13-12-24(17-34)36-27)38-14-15-39(20(2)19-38)21(3)22-8-10-23(11-9-22)30(31,32)33/h8-13,20-21,29H,5-7,14-16,19H2,1-4H3/t20-,21?,29?/m1/s1. The number of fused-ring (bicyclic) bond motifs is 1. The minimum absolute atomic E-state index is 0.0321. The molecule has 1 aromatic carbocycles. The van der Waals surface area contributed by atoms with Crippen LogP contribution < -0.4 is 4.90 Å². The van der Waals surface area contributed by atoms with Gasteiger partial charge in [0.1, 0.15) is 29.1 Å². The van der Waals surface area contributed by atoms with Crippen molar-refractivity contribution in [1.82, 2.24) is 14.8 Å². The summed E-state index contributed by atoms with van der Waals surface area (Å²) in [4.78, 5) is 10.9. The highest BCUT2D eigenvalue weighted by Crippen LogP contribution is 2.40. The van der Waals surface area contributed by atoms with E-state index in [2.05, 4.69) is 40.8 Å². The Labute approximate surface area is 234 Å². The second-order valence-electron chi connectivity index (χ2n) is 10.4. The van der Waals surface area contributed by atoms with Gasteiger partial charge in [0.2, 0.25) is 0 Å². The fourth-order valence-corrected chi connectivity index (χ4v) is 5.60. The van der Waals surface area contributed by atoms with E-state index in [-0.39, 0.29) is 17.8 Å². The van der Waals surface area contributed by atoms with E-state index < -0.39 is 18.0 Å². The number of nitrogens with zero attached hydrogens (tertiary/aromatic N) is 6. The predicted molar refractivity (Wildman–Crippen MR) is 147 cm³/mol. The summed E-state index contributed by atoms with van der Waals surface area (Å²) >= 11 is 0. The molecular formula is C30H35F3N6O. The number of nitriles is 2. The molecule has 7 nitrogen and oxygen atoms in total. The van der Waals surface area contributed by atoms with Gasteiger partial charge in [-0.15, -0.1) is 0 Å². The van der Waals surface area contributed by atoms with Gasteiger partial charge in [0.05, 0.1) is 16.9 Å². The van der Waals surface area contributed by atoms with Crippen LogP contribution in [0.2, 0.25) is 0 Å². The number of halogens is 3. The van der Waals surface area contributed by atoms with Gasteiger partial charge in [-0.3, -0.25) is 4.90 Å². The molecule has 2 unspecified atom stereocenters. The molecule has 3 heterocycles. The topological polar surface area (TPSA) is 79.4 Å². The van der Waals surface area contributed by atoms with E-state index in [4.69, 9.17) is 4.74 Å². The molecule has 1 saturated heterocycles. The Hall–Kier alpha value is -3.60. The molecule has 10 heteroatoms. The van der Waals surface area contributed by atoms with Crippen LogP contribution in [0, 0.1) is 22.7 Å². The molecule has 0 bridgehead atoms. The molecule has 0 N–H and O–H groups in total. The van der Waals surface area contributed by atoms with Crippen molar-refractivity contribution in [1.29, 1.82) is 10.5 Å². The van der Waals surface area contributed by atoms with Crippen molar-refractivity contribution in [2.24, 2.45) is 0 Å². The lowest BCUT2D eigenvalue weighted by atomic mass is 9.98. The lowest BCUT2D eigenvalue weighted by molar-refractivity contribution is -0.137. The van der Waals surface area contributed by atoms with Crippen molar-refractivity contribution in [3.63, 3.8) is 0 Å². The Kier molecular flexibility index (Phi) is 9.02. The number of rotatable bonds is 8. The maximum atomic E-state index is 13.0. The number of benzene rings is 1.